The summed E-state index contributed by atoms with van der Waals surface area (Å²) in [5.74, 6) is -0.193. The highest BCUT2D eigenvalue weighted by Gasteiger charge is 2.11. The summed E-state index contributed by atoms with van der Waals surface area (Å²) in [6.07, 6.45) is 0. The van der Waals surface area contributed by atoms with Crippen molar-refractivity contribution in [1.29, 1.82) is 0 Å². The molecule has 2 aromatic carbocycles. The van der Waals surface area contributed by atoms with Gasteiger partial charge in [0.05, 0.1) is 0 Å². The van der Waals surface area contributed by atoms with Crippen LogP contribution in [-0.4, -0.2) is 0 Å². The smallest absolute Gasteiger partial charge is 0.123 e. The van der Waals surface area contributed by atoms with Gasteiger partial charge in [-0.1, -0.05) is 40.2 Å². The van der Waals surface area contributed by atoms with Crippen LogP contribution < -0.4 is 5.32 Å². The maximum absolute atomic E-state index is 13.2. The molecule has 0 heterocycles. The summed E-state index contributed by atoms with van der Waals surface area (Å²) in [4.78, 5) is 0. The fourth-order valence-corrected chi connectivity index (χ4v) is 2.54. The van der Waals surface area contributed by atoms with Gasteiger partial charge in [-0.3, -0.25) is 0 Å². The molecular weight excluding hydrogens is 305 g/mol. The minimum atomic E-state index is -0.193. The molecule has 0 amide bonds. The van der Waals surface area contributed by atoms with Crippen LogP contribution in [0.5, 0.6) is 0 Å². The van der Waals surface area contributed by atoms with Gasteiger partial charge in [0, 0.05) is 16.6 Å². The van der Waals surface area contributed by atoms with E-state index in [1.54, 1.807) is 12.1 Å². The third-order valence-corrected chi connectivity index (χ3v) is 3.69. The zero-order valence-corrected chi connectivity index (χ0v) is 12.6. The van der Waals surface area contributed by atoms with Crippen LogP contribution in [0.25, 0.3) is 0 Å². The molecule has 2 rings (SSSR count). The Kier molecular flexibility index (Phi) is 4.72. The van der Waals surface area contributed by atoms with E-state index in [1.807, 2.05) is 25.1 Å². The van der Waals surface area contributed by atoms with Crippen molar-refractivity contribution in [1.82, 2.24) is 5.32 Å². The Morgan fingerprint density at radius 1 is 0.947 bits per heavy atom. The Morgan fingerprint density at radius 3 is 2.11 bits per heavy atom. The Balaban J connectivity index is 2.08. The lowest BCUT2D eigenvalue weighted by atomic mass is 10.0. The van der Waals surface area contributed by atoms with E-state index in [4.69, 9.17) is 0 Å². The summed E-state index contributed by atoms with van der Waals surface area (Å²) >= 11 is 3.47. The number of hydrogen-bond donors (Lipinski definition) is 1. The number of benzene rings is 2. The van der Waals surface area contributed by atoms with Crippen LogP contribution in [-0.2, 0) is 0 Å². The first-order chi connectivity index (χ1) is 9.06. The highest BCUT2D eigenvalue weighted by molar-refractivity contribution is 9.10. The molecule has 0 aliphatic heterocycles. The molecule has 0 aromatic heterocycles. The summed E-state index contributed by atoms with van der Waals surface area (Å²) in [7, 11) is 0. The minimum Gasteiger partial charge on any atom is -0.304 e. The van der Waals surface area contributed by atoms with Gasteiger partial charge in [-0.15, -0.1) is 0 Å². The van der Waals surface area contributed by atoms with Crippen LogP contribution in [0.4, 0.5) is 4.39 Å². The first kappa shape index (κ1) is 14.2. The number of halogens is 2. The third-order valence-electron chi connectivity index (χ3n) is 3.20. The van der Waals surface area contributed by atoms with Gasteiger partial charge < -0.3 is 5.32 Å². The Bertz CT molecular complexity index is 506. The van der Waals surface area contributed by atoms with Gasteiger partial charge in [-0.05, 0) is 49.2 Å². The van der Waals surface area contributed by atoms with Crippen LogP contribution >= 0.6 is 15.9 Å². The number of rotatable bonds is 4. The lowest BCUT2D eigenvalue weighted by Crippen LogP contribution is -2.22. The maximum Gasteiger partial charge on any atom is 0.123 e. The van der Waals surface area contributed by atoms with E-state index in [-0.39, 0.29) is 17.9 Å². The van der Waals surface area contributed by atoms with Gasteiger partial charge in [0.2, 0.25) is 0 Å². The molecule has 0 aliphatic rings. The van der Waals surface area contributed by atoms with E-state index < -0.39 is 0 Å². The van der Waals surface area contributed by atoms with Gasteiger partial charge >= 0.3 is 0 Å². The molecular formula is C16H17BrFN. The van der Waals surface area contributed by atoms with E-state index in [0.717, 1.165) is 10.0 Å². The number of nitrogens with one attached hydrogen (secondary N) is 1. The SMILES string of the molecule is CC(N[C@@H](C)c1cccc(F)c1)c1cccc(Br)c1. The van der Waals surface area contributed by atoms with Crippen molar-refractivity contribution < 1.29 is 4.39 Å². The maximum atomic E-state index is 13.2. The second kappa shape index (κ2) is 6.31. The Hall–Kier alpha value is -1.19. The fraction of sp³-hybridized carbons (Fsp3) is 0.250. The molecule has 3 heteroatoms. The van der Waals surface area contributed by atoms with Gasteiger partial charge in [-0.2, -0.15) is 0 Å². The standard InChI is InChI=1S/C16H17BrFN/c1-11(13-5-3-7-15(17)9-13)19-12(2)14-6-4-8-16(18)10-14/h3-12,19H,1-2H3/t11?,12-/m0/s1. The van der Waals surface area contributed by atoms with E-state index >= 15 is 0 Å². The van der Waals surface area contributed by atoms with Crippen LogP contribution in [0.1, 0.15) is 37.1 Å². The Morgan fingerprint density at radius 2 is 1.53 bits per heavy atom. The van der Waals surface area contributed by atoms with E-state index in [2.05, 4.69) is 40.3 Å². The topological polar surface area (TPSA) is 12.0 Å². The molecule has 0 aliphatic carbocycles. The number of hydrogen-bond acceptors (Lipinski definition) is 1. The van der Waals surface area contributed by atoms with Crippen molar-refractivity contribution in [2.24, 2.45) is 0 Å². The van der Waals surface area contributed by atoms with Crippen LogP contribution in [0, 0.1) is 5.82 Å². The van der Waals surface area contributed by atoms with Gasteiger partial charge in [0.25, 0.3) is 0 Å². The van der Waals surface area contributed by atoms with Crippen LogP contribution in [0.2, 0.25) is 0 Å². The minimum absolute atomic E-state index is 0.102. The molecule has 0 bridgehead atoms. The normalized spacial score (nSPS) is 14.1. The van der Waals surface area contributed by atoms with Crippen molar-refractivity contribution in [2.75, 3.05) is 0 Å². The van der Waals surface area contributed by atoms with Crippen molar-refractivity contribution >= 4 is 15.9 Å². The first-order valence-electron chi connectivity index (χ1n) is 6.33. The van der Waals surface area contributed by atoms with Gasteiger partial charge in [0.15, 0.2) is 0 Å². The predicted molar refractivity (Wildman–Crippen MR) is 80.5 cm³/mol. The molecule has 2 aromatic rings. The third kappa shape index (κ3) is 3.88. The average molecular weight is 322 g/mol. The summed E-state index contributed by atoms with van der Waals surface area (Å²) in [6.45, 7) is 4.15. The summed E-state index contributed by atoms with van der Waals surface area (Å²) < 4.78 is 14.3. The summed E-state index contributed by atoms with van der Waals surface area (Å²) in [6, 6.07) is 15.2. The van der Waals surface area contributed by atoms with E-state index in [1.165, 1.54) is 11.6 Å². The van der Waals surface area contributed by atoms with Crippen molar-refractivity contribution in [3.8, 4) is 0 Å². The quantitative estimate of drug-likeness (QED) is 0.835. The van der Waals surface area contributed by atoms with Crippen molar-refractivity contribution in [2.45, 2.75) is 25.9 Å². The monoisotopic (exact) mass is 321 g/mol. The molecule has 19 heavy (non-hydrogen) atoms. The molecule has 1 N–H and O–H groups in total. The van der Waals surface area contributed by atoms with Crippen LogP contribution in [0.15, 0.2) is 53.0 Å². The molecule has 100 valence electrons. The largest absolute Gasteiger partial charge is 0.304 e. The Labute approximate surface area is 122 Å². The second-order valence-corrected chi connectivity index (χ2v) is 5.64. The molecule has 0 saturated heterocycles. The predicted octanol–water partition coefficient (Wildman–Crippen LogP) is 5.00. The van der Waals surface area contributed by atoms with Gasteiger partial charge in [-0.25, -0.2) is 4.39 Å². The zero-order valence-electron chi connectivity index (χ0n) is 11.0. The lowest BCUT2D eigenvalue weighted by molar-refractivity contribution is 0.492. The molecule has 0 saturated carbocycles. The molecule has 0 spiro atoms. The molecule has 1 nitrogen and oxygen atoms in total. The highest BCUT2D eigenvalue weighted by Crippen LogP contribution is 2.22. The fourth-order valence-electron chi connectivity index (χ4n) is 2.12. The molecule has 0 radical (unpaired) electrons. The molecule has 2 atom stereocenters. The van der Waals surface area contributed by atoms with E-state index in [0.29, 0.717) is 0 Å². The molecule has 1 unspecified atom stereocenters. The summed E-state index contributed by atoms with van der Waals surface area (Å²) in [5, 5.41) is 3.48. The van der Waals surface area contributed by atoms with Gasteiger partial charge in [0.1, 0.15) is 5.82 Å². The first-order valence-corrected chi connectivity index (χ1v) is 7.12. The average Bonchev–Trinajstić information content (AvgIpc) is 2.38. The zero-order chi connectivity index (χ0) is 13.8. The second-order valence-electron chi connectivity index (χ2n) is 4.72. The van der Waals surface area contributed by atoms with Crippen molar-refractivity contribution in [3.05, 3.63) is 69.9 Å². The van der Waals surface area contributed by atoms with E-state index in [9.17, 15) is 4.39 Å². The van der Waals surface area contributed by atoms with Crippen molar-refractivity contribution in [3.63, 3.8) is 0 Å². The lowest BCUT2D eigenvalue weighted by Gasteiger charge is -2.21. The highest BCUT2D eigenvalue weighted by atomic mass is 79.9. The molecule has 0 fully saturated rings. The van der Waals surface area contributed by atoms with Crippen LogP contribution in [0.3, 0.4) is 0 Å². The summed E-state index contributed by atoms with van der Waals surface area (Å²) in [5.41, 5.74) is 2.17.